The number of benzene rings is 1. The summed E-state index contributed by atoms with van der Waals surface area (Å²) in [6, 6.07) is 4.38. The smallest absolute Gasteiger partial charge is 0.490 e. The van der Waals surface area contributed by atoms with E-state index in [2.05, 4.69) is 56.3 Å². The van der Waals surface area contributed by atoms with E-state index in [4.69, 9.17) is 14.2 Å². The van der Waals surface area contributed by atoms with Gasteiger partial charge in [-0.15, -0.1) is 5.10 Å². The van der Waals surface area contributed by atoms with Crippen LogP contribution < -0.4 is 65.6 Å². The van der Waals surface area contributed by atoms with Gasteiger partial charge < -0.3 is 21.1 Å². The monoisotopic (exact) mass is 904 g/mol. The van der Waals surface area contributed by atoms with E-state index in [9.17, 15) is 0 Å². The number of hydrogen-bond acceptors (Lipinski definition) is 5. The van der Waals surface area contributed by atoms with E-state index in [0.29, 0.717) is 26.4 Å². The molecular weight excluding hydrogens is 802 g/mol. The zero-order valence-electron chi connectivity index (χ0n) is 42.6. The van der Waals surface area contributed by atoms with Crippen LogP contribution in [0.4, 0.5) is 0 Å². The summed E-state index contributed by atoms with van der Waals surface area (Å²) in [6.07, 6.45) is 54.1. The predicted octanol–water partition coefficient (Wildman–Crippen LogP) is 15.1. The molecular formula is C56H102KN3O3. The number of rotatable bonds is 48. The zero-order chi connectivity index (χ0) is 44.2. The maximum Gasteiger partial charge on any atom is 1.00 e. The van der Waals surface area contributed by atoms with Gasteiger partial charge in [0.1, 0.15) is 0 Å². The van der Waals surface area contributed by atoms with Crippen molar-refractivity contribution in [2.45, 2.75) is 284 Å². The van der Waals surface area contributed by atoms with Gasteiger partial charge in [-0.2, -0.15) is 6.42 Å². The first-order valence-corrected chi connectivity index (χ1v) is 27.4. The van der Waals surface area contributed by atoms with Crippen molar-refractivity contribution in [3.8, 4) is 17.2 Å². The van der Waals surface area contributed by atoms with Gasteiger partial charge in [0.05, 0.1) is 32.1 Å². The Labute approximate surface area is 434 Å². The Morgan fingerprint density at radius 2 is 0.762 bits per heavy atom. The van der Waals surface area contributed by atoms with Crippen molar-refractivity contribution in [3.63, 3.8) is 0 Å². The zero-order valence-corrected chi connectivity index (χ0v) is 45.7. The van der Waals surface area contributed by atoms with E-state index in [1.807, 2.05) is 4.68 Å². The number of nitrogens with zero attached hydrogens (tertiary/aromatic N) is 3. The summed E-state index contributed by atoms with van der Waals surface area (Å²) >= 11 is 0. The summed E-state index contributed by atoms with van der Waals surface area (Å²) in [7, 11) is 0. The Hall–Kier alpha value is -0.604. The Kier molecular flexibility index (Phi) is 44.6. The summed E-state index contributed by atoms with van der Waals surface area (Å²) in [5, 5.41) is 9.15. The Morgan fingerprint density at radius 3 is 1.14 bits per heavy atom. The Bertz CT molecular complexity index is 1190. The van der Waals surface area contributed by atoms with Gasteiger partial charge in [0.2, 0.25) is 5.75 Å². The molecule has 7 heteroatoms. The van der Waals surface area contributed by atoms with E-state index >= 15 is 0 Å². The molecule has 1 heterocycles. The fourth-order valence-electron chi connectivity index (χ4n) is 8.65. The molecule has 6 nitrogen and oxygen atoms in total. The topological polar surface area (TPSA) is 58.4 Å². The first-order valence-electron chi connectivity index (χ1n) is 27.4. The average Bonchev–Trinajstić information content (AvgIpc) is 3.73. The van der Waals surface area contributed by atoms with E-state index in [0.717, 1.165) is 60.6 Å². The minimum atomic E-state index is 0. The molecule has 0 radical (unpaired) electrons. The molecule has 0 amide bonds. The van der Waals surface area contributed by atoms with Crippen molar-refractivity contribution in [3.05, 3.63) is 36.5 Å². The number of aryl methyl sites for hydroxylation is 1. The van der Waals surface area contributed by atoms with Crippen molar-refractivity contribution in [2.75, 3.05) is 19.8 Å². The second-order valence-corrected chi connectivity index (χ2v) is 18.9. The third kappa shape index (κ3) is 35.2. The maximum atomic E-state index is 6.66. The molecule has 1 aromatic carbocycles. The van der Waals surface area contributed by atoms with Crippen molar-refractivity contribution in [1.82, 2.24) is 15.0 Å². The summed E-state index contributed by atoms with van der Waals surface area (Å²) in [4.78, 5) is 0. The van der Waals surface area contributed by atoms with Gasteiger partial charge in [-0.05, 0) is 49.8 Å². The molecule has 2 aromatic rings. The molecule has 0 saturated carbocycles. The molecule has 360 valence electrons. The SMILES string of the molecule is [CH2-]CCCCCCCCCCc1cn(Cc2cc(OCCCCCCCCCCCC)c(OCCCCCCCCCCCC)c(OCCCCCCCCCCCC)c2)nn1.[K+]. The largest absolute Gasteiger partial charge is 1.00 e. The third-order valence-corrected chi connectivity index (χ3v) is 12.7. The number of ether oxygens (including phenoxy) is 3. The summed E-state index contributed by atoms with van der Waals surface area (Å²) in [6.45, 7) is 13.6. The first-order chi connectivity index (χ1) is 30.7. The van der Waals surface area contributed by atoms with Gasteiger partial charge in [-0.3, -0.25) is 0 Å². The molecule has 2 rings (SSSR count). The molecule has 0 spiro atoms. The van der Waals surface area contributed by atoms with Crippen molar-refractivity contribution in [2.24, 2.45) is 0 Å². The van der Waals surface area contributed by atoms with E-state index < -0.39 is 0 Å². The second kappa shape index (κ2) is 46.5. The molecule has 0 bridgehead atoms. The van der Waals surface area contributed by atoms with Gasteiger partial charge >= 0.3 is 51.4 Å². The van der Waals surface area contributed by atoms with E-state index in [1.54, 1.807) is 0 Å². The Morgan fingerprint density at radius 1 is 0.429 bits per heavy atom. The van der Waals surface area contributed by atoms with Crippen molar-refractivity contribution < 1.29 is 65.6 Å². The maximum absolute atomic E-state index is 6.66. The molecule has 1 aromatic heterocycles. The molecule has 0 saturated heterocycles. The minimum Gasteiger partial charge on any atom is -0.490 e. The van der Waals surface area contributed by atoms with Gasteiger partial charge in [0.25, 0.3) is 0 Å². The third-order valence-electron chi connectivity index (χ3n) is 12.7. The van der Waals surface area contributed by atoms with Crippen LogP contribution in [0.3, 0.4) is 0 Å². The van der Waals surface area contributed by atoms with Crippen molar-refractivity contribution >= 4 is 0 Å². The quantitative estimate of drug-likeness (QED) is 0.0376. The molecule has 0 aliphatic carbocycles. The molecule has 0 aliphatic heterocycles. The Balaban J connectivity index is 0.0000198. The van der Waals surface area contributed by atoms with Crippen LogP contribution in [0.1, 0.15) is 282 Å². The van der Waals surface area contributed by atoms with Crippen LogP contribution in [-0.4, -0.2) is 34.8 Å². The summed E-state index contributed by atoms with van der Waals surface area (Å²) in [5.41, 5.74) is 2.22. The van der Waals surface area contributed by atoms with Gasteiger partial charge in [-0.25, -0.2) is 4.68 Å². The summed E-state index contributed by atoms with van der Waals surface area (Å²) < 4.78 is 22.0. The van der Waals surface area contributed by atoms with Crippen LogP contribution in [-0.2, 0) is 13.0 Å². The standard InChI is InChI=1S/C56H102N3O3.K/c1-5-9-13-17-21-25-29-33-37-41-45-60-54-48-52(50-59-51-53(57-58-59)44-40-36-32-28-24-20-16-12-8-4)49-55(61-46-42-38-34-30-26-22-18-14-10-6-2)56(54)62-47-43-39-35-31-27-23-19-15-11-7-3;/h48-49,51H,4-47,50H2,1-3H3;/q-1;+1. The van der Waals surface area contributed by atoms with E-state index in [1.165, 1.54) is 225 Å². The predicted molar refractivity (Wildman–Crippen MR) is 268 cm³/mol. The normalized spacial score (nSPS) is 11.3. The van der Waals surface area contributed by atoms with Gasteiger partial charge in [0.15, 0.2) is 11.5 Å². The number of unbranched alkanes of at least 4 members (excludes halogenated alkanes) is 35. The molecule has 0 fully saturated rings. The van der Waals surface area contributed by atoms with Crippen molar-refractivity contribution in [1.29, 1.82) is 0 Å². The van der Waals surface area contributed by atoms with Gasteiger partial charge in [0, 0.05) is 6.20 Å². The molecule has 0 atom stereocenters. The average molecular weight is 905 g/mol. The minimum absolute atomic E-state index is 0. The molecule has 0 unspecified atom stereocenters. The van der Waals surface area contributed by atoms with E-state index in [-0.39, 0.29) is 51.4 Å². The summed E-state index contributed by atoms with van der Waals surface area (Å²) in [5.74, 6) is 2.45. The second-order valence-electron chi connectivity index (χ2n) is 18.9. The fraction of sp³-hybridized carbons (Fsp3) is 0.839. The van der Waals surface area contributed by atoms with Crippen LogP contribution in [0, 0.1) is 6.92 Å². The molecule has 0 N–H and O–H groups in total. The van der Waals surface area contributed by atoms with Crippen LogP contribution in [0.5, 0.6) is 17.2 Å². The van der Waals surface area contributed by atoms with Crippen LogP contribution >= 0.6 is 0 Å². The van der Waals surface area contributed by atoms with Crippen LogP contribution in [0.15, 0.2) is 18.3 Å². The van der Waals surface area contributed by atoms with Crippen LogP contribution in [0.25, 0.3) is 0 Å². The number of aromatic nitrogens is 3. The van der Waals surface area contributed by atoms with Crippen LogP contribution in [0.2, 0.25) is 0 Å². The molecule has 0 aliphatic rings. The van der Waals surface area contributed by atoms with Gasteiger partial charge in [-0.1, -0.05) is 244 Å². The molecule has 63 heavy (non-hydrogen) atoms. The fourth-order valence-corrected chi connectivity index (χ4v) is 8.65. The first kappa shape index (κ1) is 60.4. The number of hydrogen-bond donors (Lipinski definition) is 0.